The van der Waals surface area contributed by atoms with E-state index in [1.807, 2.05) is 6.07 Å². The molecular weight excluding hydrogens is 297 g/mol. The van der Waals surface area contributed by atoms with Crippen LogP contribution in [0.15, 0.2) is 18.3 Å². The Labute approximate surface area is 133 Å². The fourth-order valence-corrected chi connectivity index (χ4v) is 3.34. The molecule has 1 fully saturated rings. The van der Waals surface area contributed by atoms with Crippen molar-refractivity contribution in [2.24, 2.45) is 11.8 Å². The van der Waals surface area contributed by atoms with E-state index >= 15 is 0 Å². The zero-order chi connectivity index (χ0) is 16.4. The quantitative estimate of drug-likeness (QED) is 0.817. The van der Waals surface area contributed by atoms with Gasteiger partial charge in [0.15, 0.2) is 0 Å². The molecule has 0 radical (unpaired) electrons. The van der Waals surface area contributed by atoms with E-state index < -0.39 is 5.82 Å². The first-order valence-electron chi connectivity index (χ1n) is 7.75. The minimum absolute atomic E-state index is 0.00625. The SMILES string of the molecule is COC(=O)[C@H]1CC[C@H](Cn2ncc3c(F)cc(C#N)cc32)CC1. The summed E-state index contributed by atoms with van der Waals surface area (Å²) in [6, 6.07) is 4.88. The second-order valence-electron chi connectivity index (χ2n) is 6.07. The third-order valence-electron chi connectivity index (χ3n) is 4.65. The molecule has 6 heteroatoms. The Morgan fingerprint density at radius 3 is 2.83 bits per heavy atom. The Morgan fingerprint density at radius 2 is 2.17 bits per heavy atom. The van der Waals surface area contributed by atoms with Crippen LogP contribution in [0.1, 0.15) is 31.2 Å². The first kappa shape index (κ1) is 15.5. The Kier molecular flexibility index (Phi) is 4.28. The van der Waals surface area contributed by atoms with Crippen molar-refractivity contribution in [3.63, 3.8) is 0 Å². The minimum Gasteiger partial charge on any atom is -0.469 e. The summed E-state index contributed by atoms with van der Waals surface area (Å²) >= 11 is 0. The lowest BCUT2D eigenvalue weighted by atomic mass is 9.82. The first-order valence-corrected chi connectivity index (χ1v) is 7.75. The van der Waals surface area contributed by atoms with Crippen molar-refractivity contribution in [1.82, 2.24) is 9.78 Å². The van der Waals surface area contributed by atoms with Gasteiger partial charge in [-0.15, -0.1) is 0 Å². The number of rotatable bonds is 3. The predicted molar refractivity (Wildman–Crippen MR) is 81.9 cm³/mol. The van der Waals surface area contributed by atoms with Crippen molar-refractivity contribution < 1.29 is 13.9 Å². The van der Waals surface area contributed by atoms with Gasteiger partial charge in [0.25, 0.3) is 0 Å². The molecule has 0 amide bonds. The van der Waals surface area contributed by atoms with Crippen molar-refractivity contribution in [2.45, 2.75) is 32.2 Å². The molecule has 0 bridgehead atoms. The van der Waals surface area contributed by atoms with E-state index in [0.717, 1.165) is 25.7 Å². The summed E-state index contributed by atoms with van der Waals surface area (Å²) in [7, 11) is 1.42. The number of benzene rings is 1. The summed E-state index contributed by atoms with van der Waals surface area (Å²) in [5.74, 6) is -0.158. The van der Waals surface area contributed by atoms with Gasteiger partial charge in [0.2, 0.25) is 0 Å². The normalized spacial score (nSPS) is 21.1. The Morgan fingerprint density at radius 1 is 1.43 bits per heavy atom. The molecule has 2 aromatic rings. The van der Waals surface area contributed by atoms with Gasteiger partial charge in [-0.2, -0.15) is 10.4 Å². The lowest BCUT2D eigenvalue weighted by molar-refractivity contribution is -0.146. The largest absolute Gasteiger partial charge is 0.469 e. The molecular formula is C17H18FN3O2. The van der Waals surface area contributed by atoms with Gasteiger partial charge in [-0.25, -0.2) is 4.39 Å². The summed E-state index contributed by atoms with van der Waals surface area (Å²) in [6.45, 7) is 0.672. The van der Waals surface area contributed by atoms with Gasteiger partial charge < -0.3 is 4.74 Å². The molecule has 1 aromatic carbocycles. The van der Waals surface area contributed by atoms with Gasteiger partial charge >= 0.3 is 5.97 Å². The number of nitrogens with zero attached hydrogens (tertiary/aromatic N) is 3. The zero-order valence-electron chi connectivity index (χ0n) is 13.0. The Balaban J connectivity index is 1.74. The van der Waals surface area contributed by atoms with Crippen molar-refractivity contribution in [1.29, 1.82) is 5.26 Å². The highest BCUT2D eigenvalue weighted by molar-refractivity contribution is 5.80. The Bertz CT molecular complexity index is 770. The fourth-order valence-electron chi connectivity index (χ4n) is 3.34. The predicted octanol–water partition coefficient (Wildman–Crippen LogP) is 3.03. The average molecular weight is 315 g/mol. The second kappa shape index (κ2) is 6.37. The number of aromatic nitrogens is 2. The minimum atomic E-state index is -0.417. The lowest BCUT2D eigenvalue weighted by Gasteiger charge is -2.26. The molecule has 120 valence electrons. The highest BCUT2D eigenvalue weighted by Crippen LogP contribution is 2.31. The molecule has 1 saturated carbocycles. The highest BCUT2D eigenvalue weighted by atomic mass is 19.1. The Hall–Kier alpha value is -2.42. The summed E-state index contributed by atoms with van der Waals surface area (Å²) in [4.78, 5) is 11.6. The first-order chi connectivity index (χ1) is 11.1. The molecule has 1 heterocycles. The molecule has 0 aliphatic heterocycles. The average Bonchev–Trinajstić information content (AvgIpc) is 2.98. The molecule has 1 aliphatic carbocycles. The third kappa shape index (κ3) is 3.04. The number of ether oxygens (including phenoxy) is 1. The summed E-state index contributed by atoms with van der Waals surface area (Å²) in [6.07, 6.45) is 4.97. The van der Waals surface area contributed by atoms with Crippen LogP contribution < -0.4 is 0 Å². The molecule has 0 unspecified atom stereocenters. The van der Waals surface area contributed by atoms with Gasteiger partial charge in [0.1, 0.15) is 5.82 Å². The lowest BCUT2D eigenvalue weighted by Crippen LogP contribution is -2.25. The molecule has 1 aromatic heterocycles. The topological polar surface area (TPSA) is 67.9 Å². The van der Waals surface area contributed by atoms with Crippen LogP contribution in [0.25, 0.3) is 10.9 Å². The monoisotopic (exact) mass is 315 g/mol. The number of fused-ring (bicyclic) bond motifs is 1. The van der Waals surface area contributed by atoms with E-state index in [1.54, 1.807) is 10.7 Å². The van der Waals surface area contributed by atoms with Crippen molar-refractivity contribution in [2.75, 3.05) is 7.11 Å². The van der Waals surface area contributed by atoms with Gasteiger partial charge in [-0.1, -0.05) is 0 Å². The van der Waals surface area contributed by atoms with Crippen LogP contribution in [0.5, 0.6) is 0 Å². The van der Waals surface area contributed by atoms with Crippen LogP contribution in [-0.4, -0.2) is 22.9 Å². The molecule has 23 heavy (non-hydrogen) atoms. The van der Waals surface area contributed by atoms with Crippen LogP contribution in [0.2, 0.25) is 0 Å². The number of methoxy groups -OCH3 is 1. The number of carbonyl (C=O) groups excluding carboxylic acids is 1. The van der Waals surface area contributed by atoms with E-state index in [9.17, 15) is 9.18 Å². The highest BCUT2D eigenvalue weighted by Gasteiger charge is 2.27. The van der Waals surface area contributed by atoms with Crippen molar-refractivity contribution in [3.05, 3.63) is 29.7 Å². The number of nitriles is 1. The number of esters is 1. The fraction of sp³-hybridized carbons (Fsp3) is 0.471. The molecule has 1 aliphatic rings. The standard InChI is InChI=1S/C17H18FN3O2/c1-23-17(22)13-4-2-11(3-5-13)10-21-16-7-12(8-19)6-15(18)14(16)9-20-21/h6-7,9,11,13H,2-5,10H2,1H3/t11-,13-. The van der Waals surface area contributed by atoms with Crippen molar-refractivity contribution >= 4 is 16.9 Å². The van der Waals surface area contributed by atoms with Gasteiger partial charge in [0.05, 0.1) is 41.8 Å². The molecule has 3 rings (SSSR count). The maximum absolute atomic E-state index is 13.9. The summed E-state index contributed by atoms with van der Waals surface area (Å²) in [5, 5.41) is 13.7. The summed E-state index contributed by atoms with van der Waals surface area (Å²) in [5.41, 5.74) is 0.947. The number of carbonyl (C=O) groups is 1. The number of halogens is 1. The van der Waals surface area contributed by atoms with Crippen LogP contribution in [-0.2, 0) is 16.1 Å². The molecule has 0 atom stereocenters. The van der Waals surface area contributed by atoms with Crippen LogP contribution in [0.4, 0.5) is 4.39 Å². The molecule has 0 spiro atoms. The third-order valence-corrected chi connectivity index (χ3v) is 4.65. The van der Waals surface area contributed by atoms with E-state index in [1.165, 1.54) is 19.4 Å². The molecule has 0 saturated heterocycles. The van der Waals surface area contributed by atoms with Crippen LogP contribution in [0.3, 0.4) is 0 Å². The van der Waals surface area contributed by atoms with E-state index in [0.29, 0.717) is 28.9 Å². The maximum atomic E-state index is 13.9. The number of hydrogen-bond donors (Lipinski definition) is 0. The van der Waals surface area contributed by atoms with Gasteiger partial charge in [0, 0.05) is 6.54 Å². The van der Waals surface area contributed by atoms with Crippen LogP contribution in [0, 0.1) is 29.0 Å². The van der Waals surface area contributed by atoms with Gasteiger partial charge in [-0.3, -0.25) is 9.48 Å². The van der Waals surface area contributed by atoms with E-state index in [-0.39, 0.29) is 11.9 Å². The van der Waals surface area contributed by atoms with Crippen molar-refractivity contribution in [3.8, 4) is 6.07 Å². The zero-order valence-corrected chi connectivity index (χ0v) is 13.0. The van der Waals surface area contributed by atoms with E-state index in [4.69, 9.17) is 10.00 Å². The van der Waals surface area contributed by atoms with Gasteiger partial charge in [-0.05, 0) is 43.7 Å². The summed E-state index contributed by atoms with van der Waals surface area (Å²) < 4.78 is 20.5. The number of hydrogen-bond acceptors (Lipinski definition) is 4. The molecule has 0 N–H and O–H groups in total. The smallest absolute Gasteiger partial charge is 0.308 e. The maximum Gasteiger partial charge on any atom is 0.308 e. The van der Waals surface area contributed by atoms with Crippen LogP contribution >= 0.6 is 0 Å². The molecule has 5 nitrogen and oxygen atoms in total. The van der Waals surface area contributed by atoms with E-state index in [2.05, 4.69) is 5.10 Å². The second-order valence-corrected chi connectivity index (χ2v) is 6.07.